The molecule has 2 aliphatic rings. The van der Waals surface area contributed by atoms with Gasteiger partial charge < -0.3 is 14.4 Å². The first kappa shape index (κ1) is 17.7. The lowest BCUT2D eigenvalue weighted by Crippen LogP contribution is -2.31. The highest BCUT2D eigenvalue weighted by molar-refractivity contribution is 7.89. The first-order valence-corrected chi connectivity index (χ1v) is 9.86. The van der Waals surface area contributed by atoms with Crippen LogP contribution in [0.4, 0.5) is 10.1 Å². The van der Waals surface area contributed by atoms with Crippen LogP contribution in [-0.2, 0) is 14.8 Å². The van der Waals surface area contributed by atoms with E-state index in [0.717, 1.165) is 6.07 Å². The van der Waals surface area contributed by atoms with Crippen LogP contribution in [0.25, 0.3) is 0 Å². The molecule has 1 atom stereocenters. The number of carbonyl (C=O) groups excluding carboxylic acids is 1. The number of anilines is 1. The molecule has 0 aliphatic carbocycles. The lowest BCUT2D eigenvalue weighted by molar-refractivity contribution is -0.117. The molecule has 0 aromatic heterocycles. The van der Waals surface area contributed by atoms with Crippen LogP contribution in [0.5, 0.6) is 11.5 Å². The molecule has 1 amide bonds. The fourth-order valence-electron chi connectivity index (χ4n) is 3.17. The molecule has 2 aromatic rings. The Kier molecular flexibility index (Phi) is 4.48. The average Bonchev–Trinajstić information content (AvgIpc) is 3.25. The van der Waals surface area contributed by atoms with E-state index < -0.39 is 15.8 Å². The van der Waals surface area contributed by atoms with Gasteiger partial charge in [0.05, 0.1) is 4.90 Å². The van der Waals surface area contributed by atoms with E-state index >= 15 is 0 Å². The molecule has 0 spiro atoms. The Morgan fingerprint density at radius 2 is 1.96 bits per heavy atom. The van der Waals surface area contributed by atoms with Crippen molar-refractivity contribution in [2.75, 3.05) is 24.8 Å². The zero-order valence-corrected chi connectivity index (χ0v) is 15.0. The van der Waals surface area contributed by atoms with Crippen molar-refractivity contribution in [2.24, 2.45) is 5.92 Å². The largest absolute Gasteiger partial charge is 0.454 e. The van der Waals surface area contributed by atoms with Crippen molar-refractivity contribution in [3.8, 4) is 11.5 Å². The molecular weight excluding hydrogens is 375 g/mol. The highest BCUT2D eigenvalue weighted by atomic mass is 32.2. The Balaban J connectivity index is 1.42. The van der Waals surface area contributed by atoms with Gasteiger partial charge in [-0.1, -0.05) is 6.07 Å². The van der Waals surface area contributed by atoms with Crippen LogP contribution in [0, 0.1) is 11.7 Å². The molecule has 0 radical (unpaired) electrons. The summed E-state index contributed by atoms with van der Waals surface area (Å²) < 4.78 is 50.9. The number of nitrogens with one attached hydrogen (secondary N) is 1. The minimum Gasteiger partial charge on any atom is -0.454 e. The quantitative estimate of drug-likeness (QED) is 0.840. The van der Waals surface area contributed by atoms with Crippen LogP contribution < -0.4 is 19.1 Å². The van der Waals surface area contributed by atoms with Crippen LogP contribution in [0.2, 0.25) is 0 Å². The number of amides is 1. The van der Waals surface area contributed by atoms with Gasteiger partial charge >= 0.3 is 0 Å². The van der Waals surface area contributed by atoms with Crippen molar-refractivity contribution in [1.82, 2.24) is 4.72 Å². The molecule has 142 valence electrons. The van der Waals surface area contributed by atoms with E-state index in [-0.39, 0.29) is 36.5 Å². The summed E-state index contributed by atoms with van der Waals surface area (Å²) in [6, 6.07) is 10.0. The van der Waals surface area contributed by atoms with E-state index in [1.54, 1.807) is 23.1 Å². The number of carbonyl (C=O) groups is 1. The number of benzene rings is 2. The maximum absolute atomic E-state index is 13.3. The second-order valence-electron chi connectivity index (χ2n) is 6.42. The minimum atomic E-state index is -3.83. The molecule has 2 aromatic carbocycles. The van der Waals surface area contributed by atoms with Crippen molar-refractivity contribution in [2.45, 2.75) is 11.3 Å². The lowest BCUT2D eigenvalue weighted by atomic mass is 10.1. The summed E-state index contributed by atoms with van der Waals surface area (Å²) in [6.07, 6.45) is 0.222. The summed E-state index contributed by atoms with van der Waals surface area (Å²) in [7, 11) is -3.83. The maximum atomic E-state index is 13.3. The smallest absolute Gasteiger partial charge is 0.240 e. The van der Waals surface area contributed by atoms with Crippen molar-refractivity contribution in [1.29, 1.82) is 0 Å². The minimum absolute atomic E-state index is 0.0889. The number of rotatable bonds is 5. The molecule has 1 fully saturated rings. The molecule has 7 nitrogen and oxygen atoms in total. The second kappa shape index (κ2) is 6.82. The summed E-state index contributed by atoms with van der Waals surface area (Å²) in [5.41, 5.74) is 0.680. The van der Waals surface area contributed by atoms with Crippen molar-refractivity contribution in [3.05, 3.63) is 48.3 Å². The summed E-state index contributed by atoms with van der Waals surface area (Å²) in [5, 5.41) is 0. The van der Waals surface area contributed by atoms with E-state index in [2.05, 4.69) is 4.72 Å². The summed E-state index contributed by atoms with van der Waals surface area (Å²) in [6.45, 7) is 0.618. The van der Waals surface area contributed by atoms with E-state index in [4.69, 9.17) is 9.47 Å². The summed E-state index contributed by atoms with van der Waals surface area (Å²) in [4.78, 5) is 13.8. The molecule has 27 heavy (non-hydrogen) atoms. The molecule has 1 unspecified atom stereocenters. The SMILES string of the molecule is O=C1CC(CNS(=O)(=O)c2cccc(F)c2)CN1c1ccc2c(c1)OCO2. The molecule has 2 heterocycles. The zero-order valence-electron chi connectivity index (χ0n) is 14.2. The van der Waals surface area contributed by atoms with Crippen molar-refractivity contribution in [3.63, 3.8) is 0 Å². The third-order valence-corrected chi connectivity index (χ3v) is 5.96. The van der Waals surface area contributed by atoms with E-state index in [1.165, 1.54) is 18.2 Å². The Morgan fingerprint density at radius 1 is 1.15 bits per heavy atom. The third kappa shape index (κ3) is 3.60. The fourth-order valence-corrected chi connectivity index (χ4v) is 4.31. The van der Waals surface area contributed by atoms with E-state index in [0.29, 0.717) is 23.7 Å². The molecule has 4 rings (SSSR count). The molecule has 9 heteroatoms. The van der Waals surface area contributed by atoms with E-state index in [9.17, 15) is 17.6 Å². The average molecular weight is 392 g/mol. The monoisotopic (exact) mass is 392 g/mol. The predicted molar refractivity (Wildman–Crippen MR) is 94.6 cm³/mol. The Morgan fingerprint density at radius 3 is 2.78 bits per heavy atom. The summed E-state index contributed by atoms with van der Waals surface area (Å²) in [5.74, 6) is 0.304. The maximum Gasteiger partial charge on any atom is 0.240 e. The predicted octanol–water partition coefficient (Wildman–Crippen LogP) is 1.89. The Bertz CT molecular complexity index is 995. The second-order valence-corrected chi connectivity index (χ2v) is 8.19. The van der Waals surface area contributed by atoms with Gasteiger partial charge in [0.25, 0.3) is 0 Å². The number of ether oxygens (including phenoxy) is 2. The standard InChI is InChI=1S/C18H17FN2O5S/c19-13-2-1-3-15(7-13)27(23,24)20-9-12-6-18(22)21(10-12)14-4-5-16-17(8-14)26-11-25-16/h1-5,7-8,12,20H,6,9-11H2. The van der Waals surface area contributed by atoms with Gasteiger partial charge in [-0.05, 0) is 36.2 Å². The van der Waals surface area contributed by atoms with Crippen LogP contribution >= 0.6 is 0 Å². The molecule has 0 saturated carbocycles. The van der Waals surface area contributed by atoms with Crippen LogP contribution in [0.1, 0.15) is 6.42 Å². The van der Waals surface area contributed by atoms with Gasteiger partial charge in [-0.25, -0.2) is 17.5 Å². The normalized spacial score (nSPS) is 18.9. The molecule has 1 saturated heterocycles. The van der Waals surface area contributed by atoms with Crippen molar-refractivity contribution < 1.29 is 27.1 Å². The Hall–Kier alpha value is -2.65. The molecule has 1 N–H and O–H groups in total. The van der Waals surface area contributed by atoms with Gasteiger partial charge in [0.15, 0.2) is 11.5 Å². The van der Waals surface area contributed by atoms with Crippen molar-refractivity contribution >= 4 is 21.6 Å². The number of hydrogen-bond acceptors (Lipinski definition) is 5. The van der Waals surface area contributed by atoms with Gasteiger partial charge in [0, 0.05) is 31.3 Å². The highest BCUT2D eigenvalue weighted by Crippen LogP contribution is 2.37. The van der Waals surface area contributed by atoms with Gasteiger partial charge in [-0.2, -0.15) is 0 Å². The number of nitrogens with zero attached hydrogens (tertiary/aromatic N) is 1. The Labute approximate surface area is 155 Å². The number of halogens is 1. The van der Waals surface area contributed by atoms with Crippen LogP contribution in [0.15, 0.2) is 47.4 Å². The van der Waals surface area contributed by atoms with Gasteiger partial charge in [0.1, 0.15) is 5.82 Å². The van der Waals surface area contributed by atoms with Gasteiger partial charge in [-0.3, -0.25) is 4.79 Å². The topological polar surface area (TPSA) is 84.9 Å². The first-order chi connectivity index (χ1) is 12.9. The molecule has 2 aliphatic heterocycles. The van der Waals surface area contributed by atoms with E-state index in [1.807, 2.05) is 0 Å². The zero-order chi connectivity index (χ0) is 19.0. The fraction of sp³-hybridized carbons (Fsp3) is 0.278. The number of sulfonamides is 1. The molecule has 0 bridgehead atoms. The first-order valence-electron chi connectivity index (χ1n) is 8.37. The lowest BCUT2D eigenvalue weighted by Gasteiger charge is -2.17. The highest BCUT2D eigenvalue weighted by Gasteiger charge is 2.32. The van der Waals surface area contributed by atoms with Crippen LogP contribution in [-0.4, -0.2) is 34.2 Å². The van der Waals surface area contributed by atoms with Gasteiger partial charge in [-0.15, -0.1) is 0 Å². The van der Waals surface area contributed by atoms with Gasteiger partial charge in [0.2, 0.25) is 22.7 Å². The third-order valence-electron chi connectivity index (χ3n) is 4.54. The number of hydrogen-bond donors (Lipinski definition) is 1. The van der Waals surface area contributed by atoms with Crippen LogP contribution in [0.3, 0.4) is 0 Å². The molecular formula is C18H17FN2O5S. The summed E-state index contributed by atoms with van der Waals surface area (Å²) >= 11 is 0. The number of fused-ring (bicyclic) bond motifs is 1.